The zero-order valence-corrected chi connectivity index (χ0v) is 4.18. The van der Waals surface area contributed by atoms with Crippen molar-refractivity contribution in [1.82, 2.24) is 0 Å². The topological polar surface area (TPSA) is 34.1 Å². The maximum absolute atomic E-state index is 10.0. The van der Waals surface area contributed by atoms with Crippen molar-refractivity contribution >= 4 is 12.1 Å². The van der Waals surface area contributed by atoms with Gasteiger partial charge in [-0.1, -0.05) is 0 Å². The number of aldehydes is 1. The molecule has 7 heavy (non-hydrogen) atoms. The van der Waals surface area contributed by atoms with Crippen LogP contribution in [0.25, 0.3) is 0 Å². The molecule has 0 saturated heterocycles. The smallest absolute Gasteiger partial charge is 0.130 e. The summed E-state index contributed by atoms with van der Waals surface area (Å²) < 4.78 is 0. The zero-order chi connectivity index (χ0) is 5.70. The predicted molar refractivity (Wildman–Crippen MR) is 25.7 cm³/mol. The van der Waals surface area contributed by atoms with Crippen LogP contribution in [0.5, 0.6) is 0 Å². The Balaban J connectivity index is 2.97. The van der Waals surface area contributed by atoms with Crippen LogP contribution in [0.1, 0.15) is 13.3 Å². The minimum absolute atomic E-state index is 0.0205. The lowest BCUT2D eigenvalue weighted by molar-refractivity contribution is -0.117. The van der Waals surface area contributed by atoms with Crippen LogP contribution in [0.15, 0.2) is 0 Å². The molecule has 0 rings (SSSR count). The molecular formula is C5H7O2. The van der Waals surface area contributed by atoms with Gasteiger partial charge in [0.25, 0.3) is 0 Å². The molecule has 0 amide bonds. The third-order valence-corrected chi connectivity index (χ3v) is 0.502. The van der Waals surface area contributed by atoms with Crippen LogP contribution < -0.4 is 0 Å². The molecule has 0 saturated carbocycles. The van der Waals surface area contributed by atoms with E-state index in [2.05, 4.69) is 0 Å². The Morgan fingerprint density at radius 1 is 1.71 bits per heavy atom. The third-order valence-electron chi connectivity index (χ3n) is 0.502. The molecule has 0 N–H and O–H groups in total. The molecule has 0 spiro atoms. The summed E-state index contributed by atoms with van der Waals surface area (Å²) in [7, 11) is 0. The summed E-state index contributed by atoms with van der Waals surface area (Å²) in [5.41, 5.74) is 0. The minimum atomic E-state index is 0.0205. The van der Waals surface area contributed by atoms with E-state index >= 15 is 0 Å². The van der Waals surface area contributed by atoms with Crippen molar-refractivity contribution in [2.75, 3.05) is 0 Å². The average Bonchev–Trinajstić information content (AvgIpc) is 1.61. The molecule has 0 aliphatic rings. The minimum Gasteiger partial charge on any atom is -0.303 e. The Morgan fingerprint density at radius 3 is 2.43 bits per heavy atom. The fourth-order valence-corrected chi connectivity index (χ4v) is 0.214. The highest BCUT2D eigenvalue weighted by Gasteiger charge is 1.88. The van der Waals surface area contributed by atoms with Gasteiger partial charge in [0.1, 0.15) is 12.1 Å². The Hall–Kier alpha value is -0.660. The van der Waals surface area contributed by atoms with Gasteiger partial charge in [0, 0.05) is 12.8 Å². The lowest BCUT2D eigenvalue weighted by atomic mass is 10.3. The molecule has 0 heterocycles. The molecule has 0 unspecified atom stereocenters. The Labute approximate surface area is 42.5 Å². The molecule has 0 aromatic carbocycles. The van der Waals surface area contributed by atoms with E-state index in [9.17, 15) is 9.59 Å². The van der Waals surface area contributed by atoms with Crippen LogP contribution in [0.2, 0.25) is 0 Å². The number of Topliss-reactive ketones (excluding diaryl/α,β-unsaturated/α-hetero) is 1. The van der Waals surface area contributed by atoms with E-state index in [1.165, 1.54) is 13.3 Å². The van der Waals surface area contributed by atoms with E-state index < -0.39 is 0 Å². The van der Waals surface area contributed by atoms with Gasteiger partial charge >= 0.3 is 0 Å². The van der Waals surface area contributed by atoms with Crippen molar-refractivity contribution in [2.24, 2.45) is 0 Å². The predicted octanol–water partition coefficient (Wildman–Crippen LogP) is 0.369. The summed E-state index contributed by atoms with van der Waals surface area (Å²) in [6.45, 7) is 1.44. The molecule has 0 aliphatic heterocycles. The molecular weight excluding hydrogens is 92.1 g/mol. The molecule has 0 atom stereocenters. The molecule has 39 valence electrons. The van der Waals surface area contributed by atoms with Crippen molar-refractivity contribution in [1.29, 1.82) is 0 Å². The maximum atomic E-state index is 10.0. The summed E-state index contributed by atoms with van der Waals surface area (Å²) in [6, 6.07) is 0. The van der Waals surface area contributed by atoms with Crippen LogP contribution in [-0.4, -0.2) is 12.1 Å². The number of ketones is 1. The average molecular weight is 99.1 g/mol. The standard InChI is InChI=1S/C5H7O2/c1-5(7)3-2-4-6/h2,4H,3H2,1H3. The second-order valence-corrected chi connectivity index (χ2v) is 1.28. The van der Waals surface area contributed by atoms with Gasteiger partial charge in [0.15, 0.2) is 0 Å². The molecule has 0 bridgehead atoms. The monoisotopic (exact) mass is 99.0 g/mol. The Bertz CT molecular complexity index is 76.1. The largest absolute Gasteiger partial charge is 0.303 e. The fourth-order valence-electron chi connectivity index (χ4n) is 0.214. The molecule has 2 nitrogen and oxygen atoms in total. The van der Waals surface area contributed by atoms with E-state index in [1.54, 1.807) is 0 Å². The van der Waals surface area contributed by atoms with E-state index in [1.807, 2.05) is 0 Å². The van der Waals surface area contributed by atoms with Crippen molar-refractivity contribution in [3.63, 3.8) is 0 Å². The Morgan fingerprint density at radius 2 is 2.29 bits per heavy atom. The first-order chi connectivity index (χ1) is 3.27. The van der Waals surface area contributed by atoms with E-state index in [0.717, 1.165) is 0 Å². The van der Waals surface area contributed by atoms with Gasteiger partial charge < -0.3 is 9.59 Å². The number of hydrogen-bond acceptors (Lipinski definition) is 2. The van der Waals surface area contributed by atoms with Crippen LogP contribution in [0.3, 0.4) is 0 Å². The third kappa shape index (κ3) is 5.34. The Kier molecular flexibility index (Phi) is 3.19. The van der Waals surface area contributed by atoms with E-state index in [-0.39, 0.29) is 12.2 Å². The van der Waals surface area contributed by atoms with Crippen molar-refractivity contribution in [3.8, 4) is 0 Å². The summed E-state index contributed by atoms with van der Waals surface area (Å²) >= 11 is 0. The first-order valence-corrected chi connectivity index (χ1v) is 2.03. The second-order valence-electron chi connectivity index (χ2n) is 1.28. The molecule has 0 fully saturated rings. The lowest BCUT2D eigenvalue weighted by Gasteiger charge is -1.79. The van der Waals surface area contributed by atoms with Gasteiger partial charge in [0.2, 0.25) is 0 Å². The highest BCUT2D eigenvalue weighted by atomic mass is 16.1. The molecule has 0 aromatic rings. The summed E-state index contributed by atoms with van der Waals surface area (Å²) in [5, 5.41) is 0. The quantitative estimate of drug-likeness (QED) is 0.479. The van der Waals surface area contributed by atoms with Gasteiger partial charge in [-0.3, -0.25) is 0 Å². The molecule has 2 heteroatoms. The summed E-state index contributed by atoms with van der Waals surface area (Å²) in [6.07, 6.45) is 2.19. The lowest BCUT2D eigenvalue weighted by Crippen LogP contribution is -1.89. The van der Waals surface area contributed by atoms with E-state index in [0.29, 0.717) is 6.29 Å². The van der Waals surface area contributed by atoms with Crippen molar-refractivity contribution in [2.45, 2.75) is 13.3 Å². The van der Waals surface area contributed by atoms with Crippen molar-refractivity contribution < 1.29 is 9.59 Å². The fraction of sp³-hybridized carbons (Fsp3) is 0.400. The number of carbonyl (C=O) groups is 2. The van der Waals surface area contributed by atoms with Crippen LogP contribution >= 0.6 is 0 Å². The van der Waals surface area contributed by atoms with Crippen LogP contribution in [-0.2, 0) is 9.59 Å². The zero-order valence-electron chi connectivity index (χ0n) is 4.18. The highest BCUT2D eigenvalue weighted by Crippen LogP contribution is 1.81. The van der Waals surface area contributed by atoms with Gasteiger partial charge in [0.05, 0.1) is 0 Å². The summed E-state index contributed by atoms with van der Waals surface area (Å²) in [5.74, 6) is 0.0205. The van der Waals surface area contributed by atoms with Gasteiger partial charge in [-0.15, -0.1) is 0 Å². The van der Waals surface area contributed by atoms with Crippen LogP contribution in [0, 0.1) is 6.42 Å². The van der Waals surface area contributed by atoms with Gasteiger partial charge in [-0.05, 0) is 6.92 Å². The first-order valence-electron chi connectivity index (χ1n) is 2.03. The number of hydrogen-bond donors (Lipinski definition) is 0. The normalized spacial score (nSPS) is 8.14. The molecule has 0 aliphatic carbocycles. The number of rotatable bonds is 3. The van der Waals surface area contributed by atoms with E-state index in [4.69, 9.17) is 0 Å². The van der Waals surface area contributed by atoms with Crippen LogP contribution in [0.4, 0.5) is 0 Å². The number of carbonyl (C=O) groups excluding carboxylic acids is 2. The van der Waals surface area contributed by atoms with Gasteiger partial charge in [-0.2, -0.15) is 0 Å². The molecule has 1 radical (unpaired) electrons. The van der Waals surface area contributed by atoms with Gasteiger partial charge in [-0.25, -0.2) is 0 Å². The molecule has 0 aromatic heterocycles. The second kappa shape index (κ2) is 3.53. The SMILES string of the molecule is CC(=O)C[CH]C=O. The summed E-state index contributed by atoms with van der Waals surface area (Å²) in [4.78, 5) is 19.5. The van der Waals surface area contributed by atoms with Crippen molar-refractivity contribution in [3.05, 3.63) is 6.42 Å². The first kappa shape index (κ1) is 6.34. The maximum Gasteiger partial charge on any atom is 0.130 e. The highest BCUT2D eigenvalue weighted by molar-refractivity contribution is 5.81.